The van der Waals surface area contributed by atoms with Gasteiger partial charge < -0.3 is 19.5 Å². The van der Waals surface area contributed by atoms with Crippen molar-refractivity contribution in [2.45, 2.75) is 20.8 Å². The maximum atomic E-state index is 13.0. The Balaban J connectivity index is 1.61. The second kappa shape index (κ2) is 9.65. The highest BCUT2D eigenvalue weighted by Crippen LogP contribution is 2.39. The fourth-order valence-electron chi connectivity index (χ4n) is 3.13. The van der Waals surface area contributed by atoms with Gasteiger partial charge in [0, 0.05) is 16.8 Å². The van der Waals surface area contributed by atoms with Crippen molar-refractivity contribution in [3.63, 3.8) is 0 Å². The summed E-state index contributed by atoms with van der Waals surface area (Å²) in [5.74, 6) is 1.15. The van der Waals surface area contributed by atoms with Crippen LogP contribution in [0.5, 0.6) is 17.2 Å². The summed E-state index contributed by atoms with van der Waals surface area (Å²) >= 11 is 1.42. The highest BCUT2D eigenvalue weighted by Gasteiger charge is 2.19. The van der Waals surface area contributed by atoms with E-state index in [-0.39, 0.29) is 5.91 Å². The number of amides is 1. The molecule has 0 bridgehead atoms. The van der Waals surface area contributed by atoms with E-state index in [2.05, 4.69) is 20.6 Å². The molecule has 9 nitrogen and oxygen atoms in total. The summed E-state index contributed by atoms with van der Waals surface area (Å²) in [4.78, 5) is 13.7. The zero-order chi connectivity index (χ0) is 22.5. The molecule has 4 rings (SSSR count). The quantitative estimate of drug-likeness (QED) is 0.403. The molecule has 0 spiro atoms. The predicted molar refractivity (Wildman–Crippen MR) is 122 cm³/mol. The van der Waals surface area contributed by atoms with E-state index < -0.39 is 0 Å². The van der Waals surface area contributed by atoms with Gasteiger partial charge in [0.2, 0.25) is 10.7 Å². The Kier molecular flexibility index (Phi) is 6.50. The number of fused-ring (bicyclic) bond motifs is 1. The Morgan fingerprint density at radius 2 is 1.75 bits per heavy atom. The van der Waals surface area contributed by atoms with Gasteiger partial charge >= 0.3 is 0 Å². The Hall–Kier alpha value is -3.66. The van der Waals surface area contributed by atoms with Crippen LogP contribution >= 0.6 is 11.3 Å². The van der Waals surface area contributed by atoms with Crippen LogP contribution in [0.4, 0.5) is 5.69 Å². The van der Waals surface area contributed by atoms with Crippen molar-refractivity contribution in [2.75, 3.05) is 25.1 Å². The molecule has 4 aromatic rings. The average Bonchev–Trinajstić information content (AvgIpc) is 3.39. The Bertz CT molecular complexity index is 1180. The number of nitrogens with zero attached hydrogens (tertiary/aromatic N) is 4. The number of anilines is 1. The zero-order valence-corrected chi connectivity index (χ0v) is 18.8. The van der Waals surface area contributed by atoms with Crippen LogP contribution in [0, 0.1) is 0 Å². The summed E-state index contributed by atoms with van der Waals surface area (Å²) in [7, 11) is 0. The van der Waals surface area contributed by atoms with E-state index in [4.69, 9.17) is 14.2 Å². The molecule has 1 amide bonds. The fourth-order valence-corrected chi connectivity index (χ4v) is 3.95. The topological polar surface area (TPSA) is 99.9 Å². The van der Waals surface area contributed by atoms with E-state index in [1.54, 1.807) is 23.0 Å². The largest absolute Gasteiger partial charge is 0.490 e. The van der Waals surface area contributed by atoms with Gasteiger partial charge in [0.25, 0.3) is 5.91 Å². The Labute approximate surface area is 189 Å². The van der Waals surface area contributed by atoms with Crippen LogP contribution in [0.25, 0.3) is 15.5 Å². The first-order valence-corrected chi connectivity index (χ1v) is 11.1. The standard InChI is InChI=1S/C22H23N5O4S/c1-4-29-17-11-15(12-18(30-5-2)19(17)31-6-3)20(28)24-16-9-7-8-14(10-16)21-26-27-13-23-25-22(27)32-21/h7-13H,4-6H2,1-3H3,(H,24,28). The van der Waals surface area contributed by atoms with Gasteiger partial charge in [0.15, 0.2) is 11.5 Å². The summed E-state index contributed by atoms with van der Waals surface area (Å²) < 4.78 is 18.8. The minimum Gasteiger partial charge on any atom is -0.490 e. The second-order valence-electron chi connectivity index (χ2n) is 6.60. The molecule has 0 unspecified atom stereocenters. The van der Waals surface area contributed by atoms with Gasteiger partial charge in [-0.2, -0.15) is 9.61 Å². The van der Waals surface area contributed by atoms with Crippen LogP contribution in [0.15, 0.2) is 42.7 Å². The first kappa shape index (κ1) is 21.6. The lowest BCUT2D eigenvalue weighted by Crippen LogP contribution is -2.13. The van der Waals surface area contributed by atoms with Crippen molar-refractivity contribution < 1.29 is 19.0 Å². The van der Waals surface area contributed by atoms with Crippen LogP contribution in [0.2, 0.25) is 0 Å². The lowest BCUT2D eigenvalue weighted by molar-refractivity contribution is 0.102. The van der Waals surface area contributed by atoms with Crippen LogP contribution in [0.3, 0.4) is 0 Å². The van der Waals surface area contributed by atoms with E-state index >= 15 is 0 Å². The third-order valence-electron chi connectivity index (χ3n) is 4.43. The molecular formula is C22H23N5O4S. The van der Waals surface area contributed by atoms with Gasteiger partial charge in [-0.3, -0.25) is 4.79 Å². The van der Waals surface area contributed by atoms with Crippen molar-refractivity contribution in [1.82, 2.24) is 19.8 Å². The number of carbonyl (C=O) groups excluding carboxylic acids is 1. The third-order valence-corrected chi connectivity index (χ3v) is 5.39. The van der Waals surface area contributed by atoms with Gasteiger partial charge in [0.1, 0.15) is 11.3 Å². The molecule has 166 valence electrons. The van der Waals surface area contributed by atoms with E-state index in [0.717, 1.165) is 10.6 Å². The van der Waals surface area contributed by atoms with Crippen molar-refractivity contribution in [2.24, 2.45) is 0 Å². The van der Waals surface area contributed by atoms with Crippen molar-refractivity contribution in [3.05, 3.63) is 48.3 Å². The van der Waals surface area contributed by atoms with Crippen molar-refractivity contribution in [1.29, 1.82) is 0 Å². The monoisotopic (exact) mass is 453 g/mol. The molecule has 0 radical (unpaired) electrons. The summed E-state index contributed by atoms with van der Waals surface area (Å²) in [5.41, 5.74) is 1.92. The molecule has 0 saturated carbocycles. The molecule has 0 fully saturated rings. The lowest BCUT2D eigenvalue weighted by Gasteiger charge is -2.17. The zero-order valence-electron chi connectivity index (χ0n) is 18.0. The average molecular weight is 454 g/mol. The number of nitrogens with one attached hydrogen (secondary N) is 1. The fraction of sp³-hybridized carbons (Fsp3) is 0.273. The molecule has 32 heavy (non-hydrogen) atoms. The number of benzene rings is 2. The molecule has 0 saturated heterocycles. The maximum absolute atomic E-state index is 13.0. The molecular weight excluding hydrogens is 430 g/mol. The smallest absolute Gasteiger partial charge is 0.255 e. The summed E-state index contributed by atoms with van der Waals surface area (Å²) in [6.45, 7) is 6.96. The summed E-state index contributed by atoms with van der Waals surface area (Å²) in [5, 5.41) is 16.0. The van der Waals surface area contributed by atoms with Gasteiger partial charge in [-0.05, 0) is 45.0 Å². The Morgan fingerprint density at radius 3 is 2.41 bits per heavy atom. The Morgan fingerprint density at radius 1 is 1.03 bits per heavy atom. The van der Waals surface area contributed by atoms with E-state index in [0.29, 0.717) is 53.3 Å². The number of rotatable bonds is 9. The third kappa shape index (κ3) is 4.50. The van der Waals surface area contributed by atoms with Crippen molar-refractivity contribution in [3.8, 4) is 27.8 Å². The highest BCUT2D eigenvalue weighted by atomic mass is 32.1. The number of ether oxygens (including phenoxy) is 3. The van der Waals surface area contributed by atoms with Crippen LogP contribution in [0.1, 0.15) is 31.1 Å². The van der Waals surface area contributed by atoms with E-state index in [1.807, 2.05) is 45.0 Å². The predicted octanol–water partition coefficient (Wildman–Crippen LogP) is 4.30. The number of hydrogen-bond acceptors (Lipinski definition) is 8. The molecule has 2 heterocycles. The molecule has 0 aliphatic heterocycles. The normalized spacial score (nSPS) is 10.8. The molecule has 0 aliphatic carbocycles. The number of aromatic nitrogens is 4. The molecule has 10 heteroatoms. The maximum Gasteiger partial charge on any atom is 0.255 e. The molecule has 1 N–H and O–H groups in total. The second-order valence-corrected chi connectivity index (χ2v) is 7.56. The van der Waals surface area contributed by atoms with Gasteiger partial charge in [-0.25, -0.2) is 0 Å². The van der Waals surface area contributed by atoms with Crippen LogP contribution < -0.4 is 19.5 Å². The van der Waals surface area contributed by atoms with E-state index in [9.17, 15) is 4.79 Å². The van der Waals surface area contributed by atoms with Crippen LogP contribution in [-0.2, 0) is 0 Å². The molecule has 2 aromatic carbocycles. The minimum atomic E-state index is -0.287. The highest BCUT2D eigenvalue weighted by molar-refractivity contribution is 7.19. The SMILES string of the molecule is CCOc1cc(C(=O)Nc2cccc(-c3nn4cnnc4s3)c2)cc(OCC)c1OCC. The van der Waals surface area contributed by atoms with Crippen LogP contribution in [-0.4, -0.2) is 45.5 Å². The first-order valence-electron chi connectivity index (χ1n) is 10.3. The number of carbonyl (C=O) groups is 1. The van der Waals surface area contributed by atoms with Gasteiger partial charge in [-0.15, -0.1) is 10.2 Å². The summed E-state index contributed by atoms with van der Waals surface area (Å²) in [6.07, 6.45) is 1.55. The van der Waals surface area contributed by atoms with Gasteiger partial charge in [0.05, 0.1) is 19.8 Å². The van der Waals surface area contributed by atoms with Gasteiger partial charge in [-0.1, -0.05) is 23.5 Å². The first-order chi connectivity index (χ1) is 15.6. The summed E-state index contributed by atoms with van der Waals surface area (Å²) in [6, 6.07) is 10.8. The lowest BCUT2D eigenvalue weighted by atomic mass is 10.1. The number of hydrogen-bond donors (Lipinski definition) is 1. The minimum absolute atomic E-state index is 0.287. The van der Waals surface area contributed by atoms with Crippen molar-refractivity contribution >= 4 is 27.9 Å². The molecule has 0 atom stereocenters. The molecule has 0 aliphatic rings. The van der Waals surface area contributed by atoms with E-state index in [1.165, 1.54) is 11.3 Å². The molecule has 2 aromatic heterocycles.